The molecule has 1 aromatic heterocycles. The first kappa shape index (κ1) is 16.4. The molecule has 118 valence electrons. The molecule has 2 rings (SSSR count). The van der Waals surface area contributed by atoms with Gasteiger partial charge in [0.2, 0.25) is 0 Å². The maximum atomic E-state index is 11.9. The second-order valence-corrected chi connectivity index (χ2v) is 5.33. The molecule has 0 spiro atoms. The van der Waals surface area contributed by atoms with Gasteiger partial charge in [-0.3, -0.25) is 0 Å². The van der Waals surface area contributed by atoms with Crippen LogP contribution in [0, 0.1) is 0 Å². The standard InChI is InChI=1S/C16H19ClN2O3/c1-2-13(11-5-7-12(17)8-6-11)19-16(21)18-10-14(20)15-4-3-9-22-15/h3-9,13-14,20H,2,10H2,1H3,(H2,18,19,21). The number of halogens is 1. The van der Waals surface area contributed by atoms with E-state index >= 15 is 0 Å². The van der Waals surface area contributed by atoms with Gasteiger partial charge in [-0.1, -0.05) is 30.7 Å². The molecule has 0 radical (unpaired) electrons. The Morgan fingerprint density at radius 2 is 2.05 bits per heavy atom. The summed E-state index contributed by atoms with van der Waals surface area (Å²) in [5.41, 5.74) is 0.980. The van der Waals surface area contributed by atoms with Gasteiger partial charge in [0.1, 0.15) is 11.9 Å². The fourth-order valence-corrected chi connectivity index (χ4v) is 2.22. The van der Waals surface area contributed by atoms with E-state index in [2.05, 4.69) is 10.6 Å². The zero-order valence-electron chi connectivity index (χ0n) is 12.3. The number of benzene rings is 1. The summed E-state index contributed by atoms with van der Waals surface area (Å²) in [6.07, 6.45) is 1.36. The lowest BCUT2D eigenvalue weighted by atomic mass is 10.1. The van der Waals surface area contributed by atoms with Crippen LogP contribution >= 0.6 is 11.6 Å². The fraction of sp³-hybridized carbons (Fsp3) is 0.312. The smallest absolute Gasteiger partial charge is 0.315 e. The number of rotatable bonds is 6. The topological polar surface area (TPSA) is 74.5 Å². The van der Waals surface area contributed by atoms with Gasteiger partial charge >= 0.3 is 6.03 Å². The summed E-state index contributed by atoms with van der Waals surface area (Å²) >= 11 is 5.86. The third-order valence-electron chi connectivity index (χ3n) is 3.31. The predicted octanol–water partition coefficient (Wildman–Crippen LogP) is 3.42. The van der Waals surface area contributed by atoms with E-state index in [4.69, 9.17) is 16.0 Å². The lowest BCUT2D eigenvalue weighted by molar-refractivity contribution is 0.147. The first-order chi connectivity index (χ1) is 10.6. The molecule has 22 heavy (non-hydrogen) atoms. The number of urea groups is 1. The highest BCUT2D eigenvalue weighted by Crippen LogP contribution is 2.19. The van der Waals surface area contributed by atoms with Gasteiger partial charge in [0.05, 0.1) is 18.8 Å². The molecule has 2 aromatic rings. The van der Waals surface area contributed by atoms with E-state index in [9.17, 15) is 9.90 Å². The van der Waals surface area contributed by atoms with Crippen LogP contribution in [0.3, 0.4) is 0 Å². The van der Waals surface area contributed by atoms with Crippen LogP contribution in [0.2, 0.25) is 5.02 Å². The van der Waals surface area contributed by atoms with Crippen molar-refractivity contribution in [3.05, 3.63) is 59.0 Å². The molecule has 0 aliphatic heterocycles. The van der Waals surface area contributed by atoms with E-state index in [1.165, 1.54) is 6.26 Å². The third kappa shape index (κ3) is 4.51. The van der Waals surface area contributed by atoms with Gasteiger partial charge in [-0.15, -0.1) is 0 Å². The minimum atomic E-state index is -0.864. The minimum absolute atomic E-state index is 0.0798. The number of aliphatic hydroxyl groups excluding tert-OH is 1. The first-order valence-electron chi connectivity index (χ1n) is 7.11. The van der Waals surface area contributed by atoms with Crippen LogP contribution < -0.4 is 10.6 Å². The van der Waals surface area contributed by atoms with Crippen LogP contribution in [-0.2, 0) is 0 Å². The molecule has 3 N–H and O–H groups in total. The first-order valence-corrected chi connectivity index (χ1v) is 7.49. The normalized spacial score (nSPS) is 13.4. The van der Waals surface area contributed by atoms with Gasteiger partial charge in [-0.05, 0) is 36.2 Å². The maximum Gasteiger partial charge on any atom is 0.315 e. The van der Waals surface area contributed by atoms with Crippen molar-refractivity contribution in [2.75, 3.05) is 6.54 Å². The molecule has 1 aromatic carbocycles. The zero-order valence-corrected chi connectivity index (χ0v) is 13.0. The molecule has 1 heterocycles. The van der Waals surface area contributed by atoms with Crippen molar-refractivity contribution in [2.24, 2.45) is 0 Å². The average molecular weight is 323 g/mol. The second-order valence-electron chi connectivity index (χ2n) is 4.90. The van der Waals surface area contributed by atoms with Gasteiger partial charge in [0.15, 0.2) is 0 Å². The molecule has 6 heteroatoms. The zero-order chi connectivity index (χ0) is 15.9. The Balaban J connectivity index is 1.85. The number of furan rings is 1. The molecule has 2 amide bonds. The molecule has 2 atom stereocenters. The number of hydrogen-bond donors (Lipinski definition) is 3. The van der Waals surface area contributed by atoms with Crippen molar-refractivity contribution in [1.82, 2.24) is 10.6 Å². The Labute approximate surface area is 134 Å². The Morgan fingerprint density at radius 3 is 2.64 bits per heavy atom. The van der Waals surface area contributed by atoms with Gasteiger partial charge in [0.25, 0.3) is 0 Å². The van der Waals surface area contributed by atoms with Crippen LogP contribution in [0.25, 0.3) is 0 Å². The Hall–Kier alpha value is -1.98. The van der Waals surface area contributed by atoms with Gasteiger partial charge < -0.3 is 20.2 Å². The average Bonchev–Trinajstić information content (AvgIpc) is 3.05. The molecule has 0 aliphatic rings. The van der Waals surface area contributed by atoms with Crippen molar-refractivity contribution in [2.45, 2.75) is 25.5 Å². The highest BCUT2D eigenvalue weighted by Gasteiger charge is 2.15. The van der Waals surface area contributed by atoms with E-state index in [0.29, 0.717) is 10.8 Å². The molecule has 2 unspecified atom stereocenters. The van der Waals surface area contributed by atoms with Crippen molar-refractivity contribution < 1.29 is 14.3 Å². The number of nitrogens with one attached hydrogen (secondary N) is 2. The number of carbonyl (C=O) groups is 1. The molecule has 0 bridgehead atoms. The summed E-state index contributed by atoms with van der Waals surface area (Å²) in [5.74, 6) is 0.421. The lowest BCUT2D eigenvalue weighted by Gasteiger charge is -2.18. The summed E-state index contributed by atoms with van der Waals surface area (Å²) in [6, 6.07) is 10.2. The summed E-state index contributed by atoms with van der Waals surface area (Å²) in [7, 11) is 0. The summed E-state index contributed by atoms with van der Waals surface area (Å²) in [4.78, 5) is 11.9. The quantitative estimate of drug-likeness (QED) is 0.763. The second kappa shape index (κ2) is 7.87. The van der Waals surface area contributed by atoms with E-state index in [-0.39, 0.29) is 18.6 Å². The highest BCUT2D eigenvalue weighted by atomic mass is 35.5. The number of carbonyl (C=O) groups excluding carboxylic acids is 1. The van der Waals surface area contributed by atoms with Crippen LogP contribution in [0.15, 0.2) is 47.1 Å². The van der Waals surface area contributed by atoms with Gasteiger partial charge in [0, 0.05) is 5.02 Å². The maximum absolute atomic E-state index is 11.9. The fourth-order valence-electron chi connectivity index (χ4n) is 2.10. The molecule has 5 nitrogen and oxygen atoms in total. The van der Waals surface area contributed by atoms with Crippen molar-refractivity contribution >= 4 is 17.6 Å². The van der Waals surface area contributed by atoms with Crippen molar-refractivity contribution in [1.29, 1.82) is 0 Å². The monoisotopic (exact) mass is 322 g/mol. The van der Waals surface area contributed by atoms with E-state index in [0.717, 1.165) is 12.0 Å². The van der Waals surface area contributed by atoms with E-state index < -0.39 is 6.10 Å². The summed E-state index contributed by atoms with van der Waals surface area (Å²) in [6.45, 7) is 2.06. The molecule has 0 saturated carbocycles. The van der Waals surface area contributed by atoms with Crippen molar-refractivity contribution in [3.63, 3.8) is 0 Å². The van der Waals surface area contributed by atoms with E-state index in [1.54, 1.807) is 24.3 Å². The minimum Gasteiger partial charge on any atom is -0.467 e. The summed E-state index contributed by atoms with van der Waals surface area (Å²) < 4.78 is 5.08. The van der Waals surface area contributed by atoms with Gasteiger partial charge in [-0.2, -0.15) is 0 Å². The number of hydrogen-bond acceptors (Lipinski definition) is 3. The molecule has 0 fully saturated rings. The molecule has 0 saturated heterocycles. The lowest BCUT2D eigenvalue weighted by Crippen LogP contribution is -2.39. The highest BCUT2D eigenvalue weighted by molar-refractivity contribution is 6.30. The summed E-state index contributed by atoms with van der Waals surface area (Å²) in [5, 5.41) is 16.0. The predicted molar refractivity (Wildman–Crippen MR) is 84.7 cm³/mol. The van der Waals surface area contributed by atoms with Crippen LogP contribution in [0.5, 0.6) is 0 Å². The van der Waals surface area contributed by atoms with E-state index in [1.807, 2.05) is 19.1 Å². The SMILES string of the molecule is CCC(NC(=O)NCC(O)c1ccco1)c1ccc(Cl)cc1. The van der Waals surface area contributed by atoms with Crippen molar-refractivity contribution in [3.8, 4) is 0 Å². The number of aliphatic hydroxyl groups is 1. The number of amides is 2. The van der Waals surface area contributed by atoms with Crippen LogP contribution in [-0.4, -0.2) is 17.7 Å². The van der Waals surface area contributed by atoms with Crippen LogP contribution in [0.4, 0.5) is 4.79 Å². The van der Waals surface area contributed by atoms with Gasteiger partial charge in [-0.25, -0.2) is 4.79 Å². The van der Waals surface area contributed by atoms with Crippen LogP contribution in [0.1, 0.15) is 36.8 Å². The molecular weight excluding hydrogens is 304 g/mol. The molecular formula is C16H19ClN2O3. The Bertz CT molecular complexity index is 584. The Kier molecular flexibility index (Phi) is 5.86. The Morgan fingerprint density at radius 1 is 1.32 bits per heavy atom. The third-order valence-corrected chi connectivity index (χ3v) is 3.57. The molecule has 0 aliphatic carbocycles. The largest absolute Gasteiger partial charge is 0.467 e.